The van der Waals surface area contributed by atoms with Crippen LogP contribution < -0.4 is 5.73 Å². The predicted octanol–water partition coefficient (Wildman–Crippen LogP) is -0.526. The second-order valence-electron chi connectivity index (χ2n) is 3.11. The summed E-state index contributed by atoms with van der Waals surface area (Å²) < 4.78 is 0. The average Bonchev–Trinajstić information content (AvgIpc) is 2.26. The number of carbonyl (C=O) groups excluding carboxylic acids is 1. The molecule has 0 aliphatic carbocycles. The Bertz CT molecular complexity index is 420. The topological polar surface area (TPSA) is 127 Å². The van der Waals surface area contributed by atoms with Gasteiger partial charge in [-0.1, -0.05) is 12.1 Å². The molecule has 1 rings (SSSR count). The van der Waals surface area contributed by atoms with Gasteiger partial charge in [-0.3, -0.25) is 14.9 Å². The van der Waals surface area contributed by atoms with Crippen LogP contribution in [0.25, 0.3) is 0 Å². The Morgan fingerprint density at radius 2 is 1.94 bits per heavy atom. The molecule has 0 saturated carbocycles. The second kappa shape index (κ2) is 4.69. The quantitative estimate of drug-likeness (QED) is 0.470. The Balaban J connectivity index is 3.12. The first-order chi connectivity index (χ1) is 7.45. The summed E-state index contributed by atoms with van der Waals surface area (Å²) in [5.41, 5.74) is 4.25. The van der Waals surface area contributed by atoms with Gasteiger partial charge < -0.3 is 15.9 Å². The van der Waals surface area contributed by atoms with Crippen molar-refractivity contribution in [3.05, 3.63) is 39.9 Å². The number of nitro benzene ring substituents is 1. The number of hydrogen-bond donors (Lipinski definition) is 3. The number of nitrogens with zero attached hydrogens (tertiary/aromatic N) is 1. The van der Waals surface area contributed by atoms with Gasteiger partial charge in [0.25, 0.3) is 5.69 Å². The van der Waals surface area contributed by atoms with Crippen LogP contribution in [0.3, 0.4) is 0 Å². The lowest BCUT2D eigenvalue weighted by Gasteiger charge is -2.14. The molecule has 4 N–H and O–H groups in total. The van der Waals surface area contributed by atoms with E-state index < -0.39 is 23.0 Å². The van der Waals surface area contributed by atoms with Gasteiger partial charge in [0.1, 0.15) is 6.10 Å². The van der Waals surface area contributed by atoms with Gasteiger partial charge in [0.2, 0.25) is 5.91 Å². The van der Waals surface area contributed by atoms with Gasteiger partial charge in [-0.25, -0.2) is 0 Å². The Hall–Kier alpha value is -1.99. The average molecular weight is 226 g/mol. The SMILES string of the molecule is NC(=O)C(O)C(O)c1ccccc1[N+](=O)[O-]. The molecule has 0 bridgehead atoms. The van der Waals surface area contributed by atoms with Gasteiger partial charge in [0.15, 0.2) is 6.10 Å². The number of aliphatic hydroxyl groups is 2. The van der Waals surface area contributed by atoms with Crippen molar-refractivity contribution in [2.45, 2.75) is 12.2 Å². The molecule has 0 aromatic heterocycles. The maximum absolute atomic E-state index is 10.6. The minimum Gasteiger partial charge on any atom is -0.385 e. The van der Waals surface area contributed by atoms with Crippen LogP contribution in [-0.2, 0) is 4.79 Å². The van der Waals surface area contributed by atoms with Gasteiger partial charge in [0, 0.05) is 6.07 Å². The number of nitro groups is 1. The highest BCUT2D eigenvalue weighted by molar-refractivity contribution is 5.79. The largest absolute Gasteiger partial charge is 0.385 e. The molecule has 1 amide bonds. The van der Waals surface area contributed by atoms with E-state index in [2.05, 4.69) is 0 Å². The fraction of sp³-hybridized carbons (Fsp3) is 0.222. The van der Waals surface area contributed by atoms with Crippen molar-refractivity contribution >= 4 is 11.6 Å². The molecule has 0 aliphatic rings. The molecule has 2 unspecified atom stereocenters. The zero-order valence-corrected chi connectivity index (χ0v) is 8.11. The number of amides is 1. The van der Waals surface area contributed by atoms with Crippen LogP contribution in [0.2, 0.25) is 0 Å². The van der Waals surface area contributed by atoms with E-state index in [0.717, 1.165) is 6.07 Å². The Kier molecular flexibility index (Phi) is 3.54. The summed E-state index contributed by atoms with van der Waals surface area (Å²) in [7, 11) is 0. The van der Waals surface area contributed by atoms with Crippen molar-refractivity contribution in [1.29, 1.82) is 0 Å². The van der Waals surface area contributed by atoms with Crippen molar-refractivity contribution in [3.63, 3.8) is 0 Å². The van der Waals surface area contributed by atoms with Crippen LogP contribution >= 0.6 is 0 Å². The molecule has 7 nitrogen and oxygen atoms in total. The summed E-state index contributed by atoms with van der Waals surface area (Å²) in [6.45, 7) is 0. The zero-order valence-electron chi connectivity index (χ0n) is 8.11. The van der Waals surface area contributed by atoms with E-state index in [1.54, 1.807) is 0 Å². The lowest BCUT2D eigenvalue weighted by atomic mass is 10.0. The van der Waals surface area contributed by atoms with Crippen molar-refractivity contribution in [2.24, 2.45) is 5.73 Å². The number of nitrogens with two attached hydrogens (primary N) is 1. The van der Waals surface area contributed by atoms with E-state index >= 15 is 0 Å². The first-order valence-corrected chi connectivity index (χ1v) is 4.34. The zero-order chi connectivity index (χ0) is 12.3. The maximum Gasteiger partial charge on any atom is 0.275 e. The Morgan fingerprint density at radius 1 is 1.38 bits per heavy atom. The van der Waals surface area contributed by atoms with Gasteiger partial charge in [-0.05, 0) is 6.07 Å². The highest BCUT2D eigenvalue weighted by Gasteiger charge is 2.28. The highest BCUT2D eigenvalue weighted by atomic mass is 16.6. The van der Waals surface area contributed by atoms with E-state index in [1.165, 1.54) is 18.2 Å². The second-order valence-corrected chi connectivity index (χ2v) is 3.11. The normalized spacial score (nSPS) is 14.1. The molecular weight excluding hydrogens is 216 g/mol. The fourth-order valence-corrected chi connectivity index (χ4v) is 1.23. The first kappa shape index (κ1) is 12.1. The molecule has 0 saturated heterocycles. The Labute approximate surface area is 90.3 Å². The van der Waals surface area contributed by atoms with Crippen LogP contribution in [0.5, 0.6) is 0 Å². The van der Waals surface area contributed by atoms with Crippen LogP contribution in [0, 0.1) is 10.1 Å². The molecule has 2 atom stereocenters. The molecule has 16 heavy (non-hydrogen) atoms. The van der Waals surface area contributed by atoms with Crippen molar-refractivity contribution in [2.75, 3.05) is 0 Å². The summed E-state index contributed by atoms with van der Waals surface area (Å²) in [5.74, 6) is -1.15. The molecule has 0 radical (unpaired) electrons. The monoisotopic (exact) mass is 226 g/mol. The van der Waals surface area contributed by atoms with E-state index in [-0.39, 0.29) is 11.3 Å². The first-order valence-electron chi connectivity index (χ1n) is 4.34. The smallest absolute Gasteiger partial charge is 0.275 e. The van der Waals surface area contributed by atoms with Crippen LogP contribution in [0.1, 0.15) is 11.7 Å². The third kappa shape index (κ3) is 2.33. The minimum absolute atomic E-state index is 0.154. The van der Waals surface area contributed by atoms with E-state index in [0.29, 0.717) is 0 Å². The molecule has 0 heterocycles. The van der Waals surface area contributed by atoms with Gasteiger partial charge in [-0.15, -0.1) is 0 Å². The number of aliphatic hydroxyl groups excluding tert-OH is 2. The summed E-state index contributed by atoms with van der Waals surface area (Å²) in [4.78, 5) is 20.5. The number of para-hydroxylation sites is 1. The minimum atomic E-state index is -1.87. The fourth-order valence-electron chi connectivity index (χ4n) is 1.23. The van der Waals surface area contributed by atoms with Crippen LogP contribution in [-0.4, -0.2) is 27.1 Å². The van der Waals surface area contributed by atoms with Crippen molar-refractivity contribution < 1.29 is 19.9 Å². The summed E-state index contributed by atoms with van der Waals surface area (Å²) >= 11 is 0. The molecule has 0 aliphatic heterocycles. The number of rotatable bonds is 4. The third-order valence-electron chi connectivity index (χ3n) is 2.04. The Morgan fingerprint density at radius 3 is 2.44 bits per heavy atom. The number of benzene rings is 1. The van der Waals surface area contributed by atoms with E-state index in [9.17, 15) is 25.1 Å². The lowest BCUT2D eigenvalue weighted by Crippen LogP contribution is -2.34. The van der Waals surface area contributed by atoms with E-state index in [4.69, 9.17) is 5.73 Å². The van der Waals surface area contributed by atoms with Crippen LogP contribution in [0.4, 0.5) is 5.69 Å². The molecule has 0 fully saturated rings. The van der Waals surface area contributed by atoms with Gasteiger partial charge >= 0.3 is 0 Å². The molecular formula is C9H10N2O5. The third-order valence-corrected chi connectivity index (χ3v) is 2.04. The molecule has 7 heteroatoms. The number of primary amides is 1. The summed E-state index contributed by atoms with van der Waals surface area (Å²) in [6, 6.07) is 5.26. The van der Waals surface area contributed by atoms with E-state index in [1.807, 2.05) is 0 Å². The highest BCUT2D eigenvalue weighted by Crippen LogP contribution is 2.26. The van der Waals surface area contributed by atoms with Crippen molar-refractivity contribution in [3.8, 4) is 0 Å². The molecule has 1 aromatic rings. The lowest BCUT2D eigenvalue weighted by molar-refractivity contribution is -0.386. The molecule has 0 spiro atoms. The standard InChI is InChI=1S/C9H10N2O5/c10-9(14)8(13)7(12)5-3-1-2-4-6(5)11(15)16/h1-4,7-8,12-13H,(H2,10,14). The number of hydrogen-bond acceptors (Lipinski definition) is 5. The molecule has 1 aromatic carbocycles. The van der Waals surface area contributed by atoms with Crippen LogP contribution in [0.15, 0.2) is 24.3 Å². The predicted molar refractivity (Wildman–Crippen MR) is 53.3 cm³/mol. The number of carbonyl (C=O) groups is 1. The van der Waals surface area contributed by atoms with Gasteiger partial charge in [0.05, 0.1) is 10.5 Å². The summed E-state index contributed by atoms with van der Waals surface area (Å²) in [6.07, 6.45) is -3.58. The maximum atomic E-state index is 10.6. The summed E-state index contributed by atoms with van der Waals surface area (Å²) in [5, 5.41) is 29.4. The van der Waals surface area contributed by atoms with Crippen molar-refractivity contribution in [1.82, 2.24) is 0 Å². The molecule has 86 valence electrons. The van der Waals surface area contributed by atoms with Gasteiger partial charge in [-0.2, -0.15) is 0 Å².